The van der Waals surface area contributed by atoms with Gasteiger partial charge in [-0.25, -0.2) is 9.59 Å². The zero-order chi connectivity index (χ0) is 23.2. The van der Waals surface area contributed by atoms with Gasteiger partial charge in [0.1, 0.15) is 5.75 Å². The minimum atomic E-state index is -1.09. The Hall–Kier alpha value is -4.48. The first-order valence-electron chi connectivity index (χ1n) is 9.48. The summed E-state index contributed by atoms with van der Waals surface area (Å²) in [7, 11) is 0. The van der Waals surface area contributed by atoms with Gasteiger partial charge in [-0.15, -0.1) is 5.10 Å². The van der Waals surface area contributed by atoms with Crippen molar-refractivity contribution < 1.29 is 29.3 Å². The van der Waals surface area contributed by atoms with Gasteiger partial charge in [0.25, 0.3) is 11.1 Å². The molecule has 3 heterocycles. The summed E-state index contributed by atoms with van der Waals surface area (Å²) in [4.78, 5) is 56.3. The van der Waals surface area contributed by atoms with Crippen LogP contribution in [0.3, 0.4) is 0 Å². The van der Waals surface area contributed by atoms with E-state index in [-0.39, 0.29) is 40.7 Å². The summed E-state index contributed by atoms with van der Waals surface area (Å²) in [5, 5.41) is 25.4. The molecule has 3 N–H and O–H groups in total. The number of hydrogen-bond acceptors (Lipinski definition) is 10. The standard InChI is InChI=1S/C20H16N4O8/c1-3-31-19(29)11-13(25)8-6-5-7-9-10(8)14(21-16(11)26)23-24-15(9)22-17(27)12(18(24)28)20(30)32-4-2/h5-7,25,27H,3-4H2,1-2H3,(H,21,23,26). The Labute approximate surface area is 177 Å². The van der Waals surface area contributed by atoms with Gasteiger partial charge in [-0.05, 0) is 13.8 Å². The van der Waals surface area contributed by atoms with Crippen LogP contribution in [-0.2, 0) is 9.47 Å². The highest BCUT2D eigenvalue weighted by Gasteiger charge is 2.25. The van der Waals surface area contributed by atoms with Crippen molar-refractivity contribution in [2.75, 3.05) is 13.2 Å². The molecule has 0 saturated heterocycles. The van der Waals surface area contributed by atoms with Crippen molar-refractivity contribution in [1.29, 1.82) is 0 Å². The molecule has 0 bridgehead atoms. The molecule has 12 heteroatoms. The lowest BCUT2D eigenvalue weighted by Gasteiger charge is -2.09. The summed E-state index contributed by atoms with van der Waals surface area (Å²) >= 11 is 0. The fourth-order valence-corrected chi connectivity index (χ4v) is 3.38. The van der Waals surface area contributed by atoms with Crippen molar-refractivity contribution in [2.24, 2.45) is 0 Å². The van der Waals surface area contributed by atoms with Crippen LogP contribution in [0.15, 0.2) is 27.8 Å². The third-order valence-corrected chi connectivity index (χ3v) is 4.69. The molecule has 3 aromatic heterocycles. The molecule has 4 rings (SSSR count). The maximum Gasteiger partial charge on any atom is 0.349 e. The zero-order valence-electron chi connectivity index (χ0n) is 16.8. The molecule has 0 saturated carbocycles. The Morgan fingerprint density at radius 1 is 1.03 bits per heavy atom. The lowest BCUT2D eigenvalue weighted by Crippen LogP contribution is -2.26. The van der Waals surface area contributed by atoms with Crippen LogP contribution in [0.25, 0.3) is 27.5 Å². The summed E-state index contributed by atoms with van der Waals surface area (Å²) in [6.07, 6.45) is 0. The SMILES string of the molecule is CCOC(=O)c1c(O)c2cccc3c2c(nn2c(=O)c(C(=O)OCC)c(O)nc32)[nH]c1=O. The van der Waals surface area contributed by atoms with Crippen molar-refractivity contribution >= 4 is 39.4 Å². The van der Waals surface area contributed by atoms with Crippen LogP contribution in [0.4, 0.5) is 0 Å². The molecule has 12 nitrogen and oxygen atoms in total. The number of aromatic nitrogens is 4. The van der Waals surface area contributed by atoms with Gasteiger partial charge in [-0.3, -0.25) is 9.59 Å². The third kappa shape index (κ3) is 3.00. The molecular weight excluding hydrogens is 424 g/mol. The average molecular weight is 440 g/mol. The fraction of sp³-hybridized carbons (Fsp3) is 0.200. The first-order valence-corrected chi connectivity index (χ1v) is 9.48. The number of hydrogen-bond donors (Lipinski definition) is 3. The number of H-pyrrole nitrogens is 1. The van der Waals surface area contributed by atoms with Gasteiger partial charge in [0.2, 0.25) is 5.88 Å². The van der Waals surface area contributed by atoms with Crippen LogP contribution in [0.5, 0.6) is 11.6 Å². The normalized spacial score (nSPS) is 11.2. The molecule has 0 amide bonds. The summed E-state index contributed by atoms with van der Waals surface area (Å²) in [6.45, 7) is 2.99. The molecule has 1 aromatic carbocycles. The highest BCUT2D eigenvalue weighted by molar-refractivity contribution is 6.14. The van der Waals surface area contributed by atoms with Gasteiger partial charge >= 0.3 is 11.9 Å². The number of rotatable bonds is 4. The molecular formula is C20H16N4O8. The van der Waals surface area contributed by atoms with Gasteiger partial charge in [-0.2, -0.15) is 9.50 Å². The molecule has 0 atom stereocenters. The van der Waals surface area contributed by atoms with E-state index in [1.54, 1.807) is 6.92 Å². The molecule has 164 valence electrons. The highest BCUT2D eigenvalue weighted by atomic mass is 16.5. The van der Waals surface area contributed by atoms with Crippen LogP contribution >= 0.6 is 0 Å². The van der Waals surface area contributed by atoms with Gasteiger partial charge in [0.05, 0.1) is 13.2 Å². The second kappa shape index (κ2) is 7.65. The van der Waals surface area contributed by atoms with Gasteiger partial charge in [0.15, 0.2) is 22.4 Å². The molecule has 0 spiro atoms. The van der Waals surface area contributed by atoms with Crippen LogP contribution in [-0.4, -0.2) is 54.9 Å². The van der Waals surface area contributed by atoms with E-state index >= 15 is 0 Å². The minimum Gasteiger partial charge on any atom is -0.506 e. The minimum absolute atomic E-state index is 0.0304. The van der Waals surface area contributed by atoms with Crippen molar-refractivity contribution in [1.82, 2.24) is 19.6 Å². The first kappa shape index (κ1) is 20.8. The number of benzene rings is 1. The number of carbonyl (C=O) groups is 2. The molecule has 0 radical (unpaired) electrons. The van der Waals surface area contributed by atoms with E-state index in [2.05, 4.69) is 15.1 Å². The number of nitrogens with one attached hydrogen (secondary N) is 1. The molecule has 0 aliphatic heterocycles. The Kier molecular flexibility index (Phi) is 4.97. The van der Waals surface area contributed by atoms with Gasteiger partial charge in [0, 0.05) is 16.2 Å². The number of carbonyl (C=O) groups excluding carboxylic acids is 2. The summed E-state index contributed by atoms with van der Waals surface area (Å²) < 4.78 is 10.4. The second-order valence-corrected chi connectivity index (χ2v) is 6.55. The van der Waals surface area contributed by atoms with Gasteiger partial charge in [-0.1, -0.05) is 18.2 Å². The predicted octanol–water partition coefficient (Wildman–Crippen LogP) is 0.849. The van der Waals surface area contributed by atoms with E-state index < -0.39 is 45.8 Å². The number of aromatic amines is 1. The molecule has 0 aliphatic rings. The maximum atomic E-state index is 12.9. The molecule has 0 fully saturated rings. The number of esters is 2. The quantitative estimate of drug-likeness (QED) is 0.305. The number of ether oxygens (including phenoxy) is 2. The zero-order valence-corrected chi connectivity index (χ0v) is 16.8. The van der Waals surface area contributed by atoms with Crippen molar-refractivity contribution in [2.45, 2.75) is 13.8 Å². The predicted molar refractivity (Wildman–Crippen MR) is 110 cm³/mol. The smallest absolute Gasteiger partial charge is 0.349 e. The molecule has 0 aliphatic carbocycles. The third-order valence-electron chi connectivity index (χ3n) is 4.69. The summed E-state index contributed by atoms with van der Waals surface area (Å²) in [5.74, 6) is -3.65. The largest absolute Gasteiger partial charge is 0.506 e. The van der Waals surface area contributed by atoms with E-state index in [4.69, 9.17) is 9.47 Å². The Balaban J connectivity index is 2.22. The van der Waals surface area contributed by atoms with E-state index in [0.717, 1.165) is 4.52 Å². The van der Waals surface area contributed by atoms with Crippen LogP contribution in [0.2, 0.25) is 0 Å². The van der Waals surface area contributed by atoms with E-state index in [1.807, 2.05) is 0 Å². The number of nitrogens with zero attached hydrogens (tertiary/aromatic N) is 3. The Morgan fingerprint density at radius 2 is 1.66 bits per heavy atom. The number of aromatic hydroxyl groups is 2. The lowest BCUT2D eigenvalue weighted by molar-refractivity contribution is 0.0510. The van der Waals surface area contributed by atoms with Gasteiger partial charge < -0.3 is 24.7 Å². The molecule has 32 heavy (non-hydrogen) atoms. The van der Waals surface area contributed by atoms with Crippen LogP contribution < -0.4 is 11.1 Å². The number of fused-ring (bicyclic) bond motifs is 2. The topological polar surface area (TPSA) is 173 Å². The Bertz CT molecular complexity index is 1550. The summed E-state index contributed by atoms with van der Waals surface area (Å²) in [6, 6.07) is 4.42. The first-order chi connectivity index (χ1) is 15.3. The maximum absolute atomic E-state index is 12.9. The van der Waals surface area contributed by atoms with Crippen molar-refractivity contribution in [3.05, 3.63) is 50.0 Å². The van der Waals surface area contributed by atoms with E-state index in [0.29, 0.717) is 0 Å². The van der Waals surface area contributed by atoms with Crippen molar-refractivity contribution in [3.63, 3.8) is 0 Å². The van der Waals surface area contributed by atoms with Crippen LogP contribution in [0.1, 0.15) is 34.6 Å². The average Bonchev–Trinajstić information content (AvgIpc) is 2.84. The fourth-order valence-electron chi connectivity index (χ4n) is 3.38. The highest BCUT2D eigenvalue weighted by Crippen LogP contribution is 2.32. The van der Waals surface area contributed by atoms with Crippen LogP contribution in [0, 0.1) is 0 Å². The second-order valence-electron chi connectivity index (χ2n) is 6.55. The monoisotopic (exact) mass is 440 g/mol. The summed E-state index contributed by atoms with van der Waals surface area (Å²) in [5.41, 5.74) is -3.73. The van der Waals surface area contributed by atoms with E-state index in [1.165, 1.54) is 25.1 Å². The molecule has 0 unspecified atom stereocenters. The molecule has 4 aromatic rings. The van der Waals surface area contributed by atoms with E-state index in [9.17, 15) is 29.4 Å². The lowest BCUT2D eigenvalue weighted by atomic mass is 10.1. The van der Waals surface area contributed by atoms with Crippen molar-refractivity contribution in [3.8, 4) is 11.6 Å². The Morgan fingerprint density at radius 3 is 2.31 bits per heavy atom.